The van der Waals surface area contributed by atoms with Gasteiger partial charge in [-0.3, -0.25) is 0 Å². The van der Waals surface area contributed by atoms with Crippen molar-refractivity contribution in [3.63, 3.8) is 0 Å². The fraction of sp³-hybridized carbons (Fsp3) is 0.316. The maximum absolute atomic E-state index is 12.2. The van der Waals surface area contributed by atoms with Crippen molar-refractivity contribution in [3.8, 4) is 0 Å². The van der Waals surface area contributed by atoms with Crippen molar-refractivity contribution in [3.05, 3.63) is 53.7 Å². The number of benzene rings is 1. The van der Waals surface area contributed by atoms with Crippen LogP contribution in [0.4, 0.5) is 10.6 Å². The lowest BCUT2D eigenvalue weighted by atomic mass is 10.1. The number of aromatic nitrogens is 2. The summed E-state index contributed by atoms with van der Waals surface area (Å²) in [6.07, 6.45) is 1.09. The van der Waals surface area contributed by atoms with E-state index in [1.54, 1.807) is 17.7 Å². The Balaban J connectivity index is 1.75. The fourth-order valence-corrected chi connectivity index (χ4v) is 3.25. The number of anilines is 1. The van der Waals surface area contributed by atoms with Gasteiger partial charge in [0.2, 0.25) is 0 Å². The summed E-state index contributed by atoms with van der Waals surface area (Å²) >= 11 is 1.57. The first-order chi connectivity index (χ1) is 12.4. The molecule has 0 saturated carbocycles. The van der Waals surface area contributed by atoms with Gasteiger partial charge in [0.1, 0.15) is 22.6 Å². The summed E-state index contributed by atoms with van der Waals surface area (Å²) in [7, 11) is 0. The number of carbonyl (C=O) groups excluding carboxylic acids is 1. The minimum absolute atomic E-state index is 0.255. The number of carbonyl (C=O) groups is 1. The first-order valence-electron chi connectivity index (χ1n) is 8.39. The van der Waals surface area contributed by atoms with E-state index in [2.05, 4.69) is 20.6 Å². The summed E-state index contributed by atoms with van der Waals surface area (Å²) in [4.78, 5) is 21.7. The van der Waals surface area contributed by atoms with Gasteiger partial charge < -0.3 is 15.4 Å². The van der Waals surface area contributed by atoms with Crippen LogP contribution >= 0.6 is 11.3 Å². The van der Waals surface area contributed by atoms with Crippen LogP contribution in [0.2, 0.25) is 0 Å². The van der Waals surface area contributed by atoms with Gasteiger partial charge in [-0.15, -0.1) is 11.3 Å². The minimum Gasteiger partial charge on any atom is -0.444 e. The van der Waals surface area contributed by atoms with E-state index in [1.165, 1.54) is 0 Å². The zero-order chi connectivity index (χ0) is 18.6. The Morgan fingerprint density at radius 1 is 1.19 bits per heavy atom. The molecule has 0 bridgehead atoms. The van der Waals surface area contributed by atoms with Gasteiger partial charge >= 0.3 is 6.09 Å². The molecule has 26 heavy (non-hydrogen) atoms. The Labute approximate surface area is 156 Å². The normalized spacial score (nSPS) is 12.6. The number of rotatable bonds is 5. The first kappa shape index (κ1) is 18.1. The molecule has 3 rings (SSSR count). The molecule has 2 aromatic heterocycles. The van der Waals surface area contributed by atoms with Gasteiger partial charge in [-0.2, -0.15) is 0 Å². The number of hydrogen-bond donors (Lipinski definition) is 2. The van der Waals surface area contributed by atoms with E-state index in [-0.39, 0.29) is 6.04 Å². The van der Waals surface area contributed by atoms with E-state index in [4.69, 9.17) is 4.74 Å². The Hall–Kier alpha value is -2.67. The zero-order valence-corrected chi connectivity index (χ0v) is 15.8. The predicted molar refractivity (Wildman–Crippen MR) is 104 cm³/mol. The Morgan fingerprint density at radius 3 is 2.69 bits per heavy atom. The van der Waals surface area contributed by atoms with E-state index in [1.807, 2.05) is 62.5 Å². The molecule has 2 heterocycles. The summed E-state index contributed by atoms with van der Waals surface area (Å²) in [6.45, 7) is 6.01. The Morgan fingerprint density at radius 2 is 1.96 bits per heavy atom. The molecule has 0 saturated heterocycles. The molecule has 1 aromatic carbocycles. The number of fused-ring (bicyclic) bond motifs is 1. The van der Waals surface area contributed by atoms with Crippen LogP contribution in [0.25, 0.3) is 10.2 Å². The molecule has 0 unspecified atom stereocenters. The molecule has 0 aliphatic heterocycles. The van der Waals surface area contributed by atoms with Crippen LogP contribution in [0.1, 0.15) is 32.4 Å². The van der Waals surface area contributed by atoms with Crippen LogP contribution in [-0.4, -0.2) is 28.2 Å². The number of hydrogen-bond acceptors (Lipinski definition) is 6. The van der Waals surface area contributed by atoms with Gasteiger partial charge in [-0.05, 0) is 37.8 Å². The Bertz CT molecular complexity index is 874. The number of nitrogens with zero attached hydrogens (tertiary/aromatic N) is 2. The largest absolute Gasteiger partial charge is 0.444 e. The van der Waals surface area contributed by atoms with E-state index < -0.39 is 11.7 Å². The number of ether oxygens (including phenoxy) is 1. The van der Waals surface area contributed by atoms with E-state index in [0.717, 1.165) is 21.6 Å². The van der Waals surface area contributed by atoms with Crippen LogP contribution in [0, 0.1) is 0 Å². The average Bonchev–Trinajstić information content (AvgIpc) is 3.07. The van der Waals surface area contributed by atoms with E-state index in [9.17, 15) is 4.79 Å². The van der Waals surface area contributed by atoms with Gasteiger partial charge in [0.05, 0.1) is 11.4 Å². The molecule has 7 heteroatoms. The number of thiophene rings is 1. The monoisotopic (exact) mass is 370 g/mol. The second kappa shape index (κ2) is 7.70. The standard InChI is InChI=1S/C19H22N4O2S/c1-19(2,3)25-18(24)23-15(13-7-5-4-6-8-13)11-20-16-14-9-10-26-17(14)22-12-21-16/h4-10,12,15H,11H2,1-3H3,(H,23,24)(H,20,21,22)/t15-/m1/s1. The lowest BCUT2D eigenvalue weighted by molar-refractivity contribution is 0.0506. The molecule has 1 amide bonds. The average molecular weight is 370 g/mol. The number of nitrogens with one attached hydrogen (secondary N) is 2. The molecule has 0 aliphatic rings. The maximum Gasteiger partial charge on any atom is 0.408 e. The highest BCUT2D eigenvalue weighted by Gasteiger charge is 2.21. The minimum atomic E-state index is -0.547. The highest BCUT2D eigenvalue weighted by molar-refractivity contribution is 7.16. The molecule has 0 fully saturated rings. The topological polar surface area (TPSA) is 76.1 Å². The van der Waals surface area contributed by atoms with Crippen molar-refractivity contribution in [2.24, 2.45) is 0 Å². The van der Waals surface area contributed by atoms with E-state index in [0.29, 0.717) is 6.54 Å². The van der Waals surface area contributed by atoms with Crippen molar-refractivity contribution in [2.45, 2.75) is 32.4 Å². The van der Waals surface area contributed by atoms with Gasteiger partial charge in [-0.25, -0.2) is 14.8 Å². The SMILES string of the molecule is CC(C)(C)OC(=O)N[C@H](CNc1ncnc2sccc12)c1ccccc1. The predicted octanol–water partition coefficient (Wildman–Crippen LogP) is 4.37. The van der Waals surface area contributed by atoms with Crippen molar-refractivity contribution < 1.29 is 9.53 Å². The summed E-state index contributed by atoms with van der Waals surface area (Å²) < 4.78 is 5.40. The summed E-state index contributed by atoms with van der Waals surface area (Å²) in [5.74, 6) is 0.753. The molecule has 0 aliphatic carbocycles. The molecular weight excluding hydrogens is 348 g/mol. The van der Waals surface area contributed by atoms with Gasteiger partial charge in [0.25, 0.3) is 0 Å². The maximum atomic E-state index is 12.2. The lowest BCUT2D eigenvalue weighted by Gasteiger charge is -2.24. The van der Waals surface area contributed by atoms with E-state index >= 15 is 0 Å². The zero-order valence-electron chi connectivity index (χ0n) is 15.0. The van der Waals surface area contributed by atoms with Gasteiger partial charge in [-0.1, -0.05) is 30.3 Å². The Kier molecular flexibility index (Phi) is 5.37. The van der Waals surface area contributed by atoms with Gasteiger partial charge in [0, 0.05) is 6.54 Å². The van der Waals surface area contributed by atoms with Crippen LogP contribution in [0.15, 0.2) is 48.1 Å². The molecular formula is C19H22N4O2S. The molecule has 1 atom stereocenters. The van der Waals surface area contributed by atoms with Crippen LogP contribution in [0.5, 0.6) is 0 Å². The summed E-state index contributed by atoms with van der Waals surface area (Å²) in [5.41, 5.74) is 0.440. The smallest absolute Gasteiger partial charge is 0.408 e. The third-order valence-electron chi connectivity index (χ3n) is 3.63. The fourth-order valence-electron chi connectivity index (χ4n) is 2.52. The highest BCUT2D eigenvalue weighted by atomic mass is 32.1. The van der Waals surface area contributed by atoms with Crippen LogP contribution in [-0.2, 0) is 4.74 Å². The number of amides is 1. The van der Waals surface area contributed by atoms with Crippen molar-refractivity contribution in [2.75, 3.05) is 11.9 Å². The summed E-state index contributed by atoms with van der Waals surface area (Å²) in [5, 5.41) is 9.22. The van der Waals surface area contributed by atoms with Crippen LogP contribution in [0.3, 0.4) is 0 Å². The number of alkyl carbamates (subject to hydrolysis) is 1. The molecule has 6 nitrogen and oxygen atoms in total. The van der Waals surface area contributed by atoms with Crippen molar-refractivity contribution in [1.29, 1.82) is 0 Å². The summed E-state index contributed by atoms with van der Waals surface area (Å²) in [6, 6.07) is 11.5. The molecule has 0 radical (unpaired) electrons. The third kappa shape index (κ3) is 4.70. The quantitative estimate of drug-likeness (QED) is 0.697. The second-order valence-electron chi connectivity index (χ2n) is 6.85. The molecule has 3 aromatic rings. The van der Waals surface area contributed by atoms with Crippen molar-refractivity contribution >= 4 is 33.5 Å². The van der Waals surface area contributed by atoms with Crippen LogP contribution < -0.4 is 10.6 Å². The molecule has 0 spiro atoms. The first-order valence-corrected chi connectivity index (χ1v) is 9.27. The van der Waals surface area contributed by atoms with Gasteiger partial charge in [0.15, 0.2) is 0 Å². The second-order valence-corrected chi connectivity index (χ2v) is 7.75. The molecule has 136 valence electrons. The molecule has 2 N–H and O–H groups in total. The highest BCUT2D eigenvalue weighted by Crippen LogP contribution is 2.24. The lowest BCUT2D eigenvalue weighted by Crippen LogP contribution is -2.37. The third-order valence-corrected chi connectivity index (χ3v) is 4.45. The van der Waals surface area contributed by atoms with Crippen molar-refractivity contribution in [1.82, 2.24) is 15.3 Å².